The van der Waals surface area contributed by atoms with Gasteiger partial charge in [-0.05, 0) is 65.4 Å². The van der Waals surface area contributed by atoms with Crippen molar-refractivity contribution in [1.82, 2.24) is 29.8 Å². The number of aromatic nitrogens is 6. The fourth-order valence-corrected chi connectivity index (χ4v) is 3.45. The number of nitrogens with zero attached hydrogens (tertiary/aromatic N) is 6. The Kier molecular flexibility index (Phi) is 4.29. The molecule has 0 spiro atoms. The first-order chi connectivity index (χ1) is 14.7. The van der Waals surface area contributed by atoms with E-state index < -0.39 is 0 Å². The summed E-state index contributed by atoms with van der Waals surface area (Å²) in [7, 11) is 0. The van der Waals surface area contributed by atoms with Crippen molar-refractivity contribution < 1.29 is 4.79 Å². The number of benzene rings is 3. The van der Waals surface area contributed by atoms with Crippen molar-refractivity contribution in [2.24, 2.45) is 0 Å². The molecule has 0 unspecified atom stereocenters. The molecule has 0 saturated carbocycles. The van der Waals surface area contributed by atoms with Gasteiger partial charge in [0.05, 0.1) is 16.7 Å². The number of hydrogen-bond acceptors (Lipinski definition) is 5. The number of anilines is 1. The van der Waals surface area contributed by atoms with Gasteiger partial charge >= 0.3 is 0 Å². The number of carbonyl (C=O) groups is 1. The number of tetrazole rings is 1. The summed E-state index contributed by atoms with van der Waals surface area (Å²) >= 11 is 0. The van der Waals surface area contributed by atoms with Crippen molar-refractivity contribution in [2.45, 2.75) is 6.92 Å². The highest BCUT2D eigenvalue weighted by atomic mass is 16.1. The van der Waals surface area contributed by atoms with E-state index in [4.69, 9.17) is 0 Å². The van der Waals surface area contributed by atoms with E-state index in [9.17, 15) is 4.79 Å². The Balaban J connectivity index is 1.52. The zero-order valence-electron chi connectivity index (χ0n) is 16.1. The molecule has 1 amide bonds. The lowest BCUT2D eigenvalue weighted by atomic mass is 10.1. The third kappa shape index (κ3) is 3.10. The lowest BCUT2D eigenvalue weighted by Crippen LogP contribution is -2.16. The molecule has 0 bridgehead atoms. The summed E-state index contributed by atoms with van der Waals surface area (Å²) in [5, 5.41) is 14.2. The van der Waals surface area contributed by atoms with Gasteiger partial charge in [-0.3, -0.25) is 14.7 Å². The van der Waals surface area contributed by atoms with Gasteiger partial charge in [0.15, 0.2) is 0 Å². The predicted molar refractivity (Wildman–Crippen MR) is 113 cm³/mol. The average molecular weight is 395 g/mol. The fraction of sp³-hybridized carbons (Fsp3) is 0.0455. The summed E-state index contributed by atoms with van der Waals surface area (Å²) in [6, 6.07) is 23.0. The van der Waals surface area contributed by atoms with Crippen molar-refractivity contribution >= 4 is 22.9 Å². The molecule has 1 N–H and O–H groups in total. The zero-order chi connectivity index (χ0) is 20.5. The van der Waals surface area contributed by atoms with Gasteiger partial charge in [-0.25, -0.2) is 9.67 Å². The molecule has 0 aliphatic carbocycles. The molecule has 2 heterocycles. The highest BCUT2D eigenvalue weighted by Gasteiger charge is 2.16. The zero-order valence-corrected chi connectivity index (χ0v) is 16.1. The van der Waals surface area contributed by atoms with E-state index in [-0.39, 0.29) is 5.91 Å². The first kappa shape index (κ1) is 17.7. The van der Waals surface area contributed by atoms with Crippen LogP contribution < -0.4 is 5.32 Å². The van der Waals surface area contributed by atoms with Crippen LogP contribution in [0, 0.1) is 6.92 Å². The van der Waals surface area contributed by atoms with Gasteiger partial charge in [0, 0.05) is 11.3 Å². The van der Waals surface area contributed by atoms with Crippen LogP contribution in [0.1, 0.15) is 15.9 Å². The highest BCUT2D eigenvalue weighted by molar-refractivity contribution is 6.04. The maximum atomic E-state index is 13.0. The minimum Gasteiger partial charge on any atom is -0.292 e. The normalized spacial score (nSPS) is 11.0. The molecule has 5 aromatic rings. The maximum absolute atomic E-state index is 13.0. The molecule has 0 atom stereocenters. The SMILES string of the molecule is Cc1cc(C(=O)Nc2nc3ccccc3n2-c2ccccc2)ccc1-n1cnnn1. The van der Waals surface area contributed by atoms with E-state index in [1.165, 1.54) is 6.33 Å². The molecule has 0 aliphatic rings. The summed E-state index contributed by atoms with van der Waals surface area (Å²) in [5.74, 6) is 0.225. The molecule has 5 rings (SSSR count). The molecule has 0 saturated heterocycles. The number of nitrogens with one attached hydrogen (secondary N) is 1. The largest absolute Gasteiger partial charge is 0.292 e. The topological polar surface area (TPSA) is 90.5 Å². The monoisotopic (exact) mass is 395 g/mol. The Labute approximate surface area is 171 Å². The highest BCUT2D eigenvalue weighted by Crippen LogP contribution is 2.25. The van der Waals surface area contributed by atoms with Crippen LogP contribution in [0.5, 0.6) is 0 Å². The van der Waals surface area contributed by atoms with E-state index in [1.807, 2.05) is 78.2 Å². The van der Waals surface area contributed by atoms with Gasteiger partial charge in [0.25, 0.3) is 5.91 Å². The Morgan fingerprint density at radius 2 is 1.77 bits per heavy atom. The van der Waals surface area contributed by atoms with Crippen molar-refractivity contribution in [2.75, 3.05) is 5.32 Å². The van der Waals surface area contributed by atoms with Crippen molar-refractivity contribution in [1.29, 1.82) is 0 Å². The van der Waals surface area contributed by atoms with Crippen molar-refractivity contribution in [3.05, 3.63) is 90.3 Å². The molecule has 0 radical (unpaired) electrons. The maximum Gasteiger partial charge on any atom is 0.257 e. The van der Waals surface area contributed by atoms with Crippen molar-refractivity contribution in [3.63, 3.8) is 0 Å². The predicted octanol–water partition coefficient (Wildman–Crippen LogP) is 3.56. The number of rotatable bonds is 4. The Morgan fingerprint density at radius 3 is 2.53 bits per heavy atom. The molecule has 0 fully saturated rings. The standard InChI is InChI=1S/C22H17N7O/c1-15-13-16(11-12-19(15)28-14-23-26-27-28)21(30)25-22-24-18-9-5-6-10-20(18)29(22)17-7-3-2-4-8-17/h2-14H,1H3,(H,24,25,30). The van der Waals surface area contributed by atoms with Crippen LogP contribution in [0.25, 0.3) is 22.4 Å². The third-order valence-electron chi connectivity index (χ3n) is 4.86. The molecule has 30 heavy (non-hydrogen) atoms. The van der Waals surface area contributed by atoms with E-state index in [2.05, 4.69) is 25.8 Å². The molecule has 8 heteroatoms. The van der Waals surface area contributed by atoms with E-state index in [0.717, 1.165) is 28.0 Å². The molecular formula is C22H17N7O. The number of hydrogen-bond donors (Lipinski definition) is 1. The quantitative estimate of drug-likeness (QED) is 0.502. The summed E-state index contributed by atoms with van der Waals surface area (Å²) in [5.41, 5.74) is 4.87. The van der Waals surface area contributed by atoms with Gasteiger partial charge in [-0.1, -0.05) is 30.3 Å². The minimum atomic E-state index is -0.242. The number of para-hydroxylation sites is 3. The van der Waals surface area contributed by atoms with E-state index >= 15 is 0 Å². The Hall–Kier alpha value is -4.33. The van der Waals surface area contributed by atoms with Crippen LogP contribution in [0.3, 0.4) is 0 Å². The number of amides is 1. The number of carbonyl (C=O) groups excluding carboxylic acids is 1. The number of aryl methyl sites for hydroxylation is 1. The Bertz CT molecular complexity index is 1340. The minimum absolute atomic E-state index is 0.242. The van der Waals surface area contributed by atoms with Gasteiger partial charge in [0.1, 0.15) is 6.33 Å². The van der Waals surface area contributed by atoms with Gasteiger partial charge in [0.2, 0.25) is 5.95 Å². The van der Waals surface area contributed by atoms with Gasteiger partial charge in [-0.15, -0.1) is 5.10 Å². The second-order valence-electron chi connectivity index (χ2n) is 6.80. The lowest BCUT2D eigenvalue weighted by Gasteiger charge is -2.11. The molecular weight excluding hydrogens is 378 g/mol. The first-order valence-corrected chi connectivity index (χ1v) is 9.39. The molecule has 8 nitrogen and oxygen atoms in total. The van der Waals surface area contributed by atoms with Gasteiger partial charge < -0.3 is 0 Å². The van der Waals surface area contributed by atoms with Crippen molar-refractivity contribution in [3.8, 4) is 11.4 Å². The summed E-state index contributed by atoms with van der Waals surface area (Å²) in [4.78, 5) is 17.6. The lowest BCUT2D eigenvalue weighted by molar-refractivity contribution is 0.102. The molecule has 0 aliphatic heterocycles. The second-order valence-corrected chi connectivity index (χ2v) is 6.80. The fourth-order valence-electron chi connectivity index (χ4n) is 3.45. The summed E-state index contributed by atoms with van der Waals surface area (Å²) in [6.45, 7) is 1.91. The van der Waals surface area contributed by atoms with E-state index in [1.54, 1.807) is 10.7 Å². The van der Waals surface area contributed by atoms with Crippen LogP contribution in [-0.4, -0.2) is 35.7 Å². The van der Waals surface area contributed by atoms with Crippen LogP contribution in [-0.2, 0) is 0 Å². The van der Waals surface area contributed by atoms with Crippen LogP contribution >= 0.6 is 0 Å². The van der Waals surface area contributed by atoms with Gasteiger partial charge in [-0.2, -0.15) is 0 Å². The molecule has 2 aromatic heterocycles. The summed E-state index contributed by atoms with van der Waals surface area (Å²) in [6.07, 6.45) is 1.52. The van der Waals surface area contributed by atoms with E-state index in [0.29, 0.717) is 11.5 Å². The third-order valence-corrected chi connectivity index (χ3v) is 4.86. The molecule has 3 aromatic carbocycles. The average Bonchev–Trinajstić information content (AvgIpc) is 3.42. The number of imidazole rings is 1. The first-order valence-electron chi connectivity index (χ1n) is 9.39. The summed E-state index contributed by atoms with van der Waals surface area (Å²) < 4.78 is 3.50. The number of fused-ring (bicyclic) bond motifs is 1. The van der Waals surface area contributed by atoms with Crippen LogP contribution in [0.4, 0.5) is 5.95 Å². The Morgan fingerprint density at radius 1 is 0.967 bits per heavy atom. The second kappa shape index (κ2) is 7.25. The van der Waals surface area contributed by atoms with Crippen LogP contribution in [0.15, 0.2) is 79.1 Å². The molecule has 146 valence electrons. The smallest absolute Gasteiger partial charge is 0.257 e. The van der Waals surface area contributed by atoms with Crippen LogP contribution in [0.2, 0.25) is 0 Å².